The first-order valence-electron chi connectivity index (χ1n) is 18.7. The number of rotatable bonds is 6. The van der Waals surface area contributed by atoms with Gasteiger partial charge in [0.2, 0.25) is 0 Å². The average molecular weight is 734 g/mol. The van der Waals surface area contributed by atoms with Crippen molar-refractivity contribution in [2.45, 2.75) is 0 Å². The predicted molar refractivity (Wildman–Crippen MR) is 233 cm³/mol. The van der Waals surface area contributed by atoms with Crippen molar-refractivity contribution in [2.75, 3.05) is 0 Å². The van der Waals surface area contributed by atoms with Gasteiger partial charge >= 0.3 is 0 Å². The molecule has 0 fully saturated rings. The van der Waals surface area contributed by atoms with Crippen LogP contribution in [0, 0.1) is 0 Å². The Bertz CT molecular complexity index is 3180. The van der Waals surface area contributed by atoms with Gasteiger partial charge in [0, 0.05) is 53.2 Å². The molecule has 0 N–H and O–H groups in total. The van der Waals surface area contributed by atoms with Crippen LogP contribution in [0.4, 0.5) is 0 Å². The van der Waals surface area contributed by atoms with Crippen LogP contribution in [-0.4, -0.2) is 15.0 Å². The van der Waals surface area contributed by atoms with Gasteiger partial charge in [-0.05, 0) is 46.0 Å². The molecule has 0 bridgehead atoms. The molecule has 0 aliphatic carbocycles. The van der Waals surface area contributed by atoms with Crippen molar-refractivity contribution >= 4 is 53.4 Å². The fraction of sp³-hybridized carbons (Fsp3) is 0. The molecule has 0 unspecified atom stereocenters. The summed E-state index contributed by atoms with van der Waals surface area (Å²) in [6.45, 7) is 0. The summed E-state index contributed by atoms with van der Waals surface area (Å²) in [5.41, 5.74) is 11.4. The van der Waals surface area contributed by atoms with Crippen LogP contribution in [0.15, 0.2) is 192 Å². The number of hydrogen-bond donors (Lipinski definition) is 0. The van der Waals surface area contributed by atoms with Crippen LogP contribution in [-0.2, 0) is 0 Å². The zero-order valence-corrected chi connectivity index (χ0v) is 30.9. The molecule has 0 aliphatic heterocycles. The number of para-hydroxylation sites is 1. The van der Waals surface area contributed by atoms with Gasteiger partial charge in [0.1, 0.15) is 11.2 Å². The number of nitrogens with zero attached hydrogens (tertiary/aromatic N) is 3. The van der Waals surface area contributed by atoms with Gasteiger partial charge < -0.3 is 4.42 Å². The molecule has 0 atom stereocenters. The fourth-order valence-corrected chi connectivity index (χ4v) is 9.17. The lowest BCUT2D eigenvalue weighted by molar-refractivity contribution is 0.670. The molecule has 0 radical (unpaired) electrons. The van der Waals surface area contributed by atoms with E-state index < -0.39 is 0 Å². The Hall–Kier alpha value is -7.21. The van der Waals surface area contributed by atoms with Crippen LogP contribution in [0.2, 0.25) is 0 Å². The third-order valence-corrected chi connectivity index (χ3v) is 11.8. The minimum absolute atomic E-state index is 0.624. The van der Waals surface area contributed by atoms with Crippen molar-refractivity contribution in [2.24, 2.45) is 0 Å². The monoisotopic (exact) mass is 733 g/mol. The van der Waals surface area contributed by atoms with Gasteiger partial charge in [0.25, 0.3) is 0 Å². The van der Waals surface area contributed by atoms with Gasteiger partial charge in [0.15, 0.2) is 17.5 Å². The number of benzene rings is 8. The summed E-state index contributed by atoms with van der Waals surface area (Å²) in [5.74, 6) is 1.90. The number of furan rings is 1. The van der Waals surface area contributed by atoms with Crippen molar-refractivity contribution in [3.05, 3.63) is 188 Å². The van der Waals surface area contributed by atoms with Crippen LogP contribution in [0.3, 0.4) is 0 Å². The Morgan fingerprint density at radius 3 is 1.61 bits per heavy atom. The fourth-order valence-electron chi connectivity index (χ4n) is 7.89. The van der Waals surface area contributed by atoms with E-state index in [2.05, 4.69) is 127 Å². The summed E-state index contributed by atoms with van der Waals surface area (Å²) >= 11 is 1.86. The highest BCUT2D eigenvalue weighted by Gasteiger charge is 2.19. The maximum atomic E-state index is 6.76. The highest BCUT2D eigenvalue weighted by atomic mass is 32.1. The second-order valence-corrected chi connectivity index (χ2v) is 15.0. The molecule has 0 aliphatic rings. The van der Waals surface area contributed by atoms with Crippen molar-refractivity contribution < 1.29 is 4.42 Å². The SMILES string of the molecule is c1ccc(-c2nc(-c3ccccc3)nc(-c3cccc(-c4cccc5oc6c(-c7ccc8c(c7)sc7c(-c9ccccc9)cccc78)cccc6c45)c3)n2)cc1. The van der Waals surface area contributed by atoms with Gasteiger partial charge in [-0.25, -0.2) is 15.0 Å². The Morgan fingerprint density at radius 1 is 0.357 bits per heavy atom. The van der Waals surface area contributed by atoms with E-state index in [1.54, 1.807) is 0 Å². The zero-order valence-electron chi connectivity index (χ0n) is 30.1. The number of thiophene rings is 1. The van der Waals surface area contributed by atoms with E-state index in [-0.39, 0.29) is 0 Å². The minimum Gasteiger partial charge on any atom is -0.455 e. The van der Waals surface area contributed by atoms with Gasteiger partial charge in [-0.1, -0.05) is 170 Å². The Labute approximate surface area is 327 Å². The lowest BCUT2D eigenvalue weighted by atomic mass is 9.96. The van der Waals surface area contributed by atoms with Crippen molar-refractivity contribution in [1.82, 2.24) is 15.0 Å². The number of fused-ring (bicyclic) bond motifs is 6. The van der Waals surface area contributed by atoms with E-state index in [1.807, 2.05) is 72.0 Å². The first-order valence-corrected chi connectivity index (χ1v) is 19.5. The molecule has 56 heavy (non-hydrogen) atoms. The first-order chi connectivity index (χ1) is 27.7. The van der Waals surface area contributed by atoms with Gasteiger partial charge in [-0.15, -0.1) is 11.3 Å². The predicted octanol–water partition coefficient (Wildman–Crippen LogP) is 14.1. The quantitative estimate of drug-likeness (QED) is 0.171. The van der Waals surface area contributed by atoms with Crippen LogP contribution >= 0.6 is 11.3 Å². The molecule has 5 heteroatoms. The largest absolute Gasteiger partial charge is 0.455 e. The lowest BCUT2D eigenvalue weighted by Gasteiger charge is -2.10. The van der Waals surface area contributed by atoms with E-state index in [1.165, 1.54) is 31.3 Å². The smallest absolute Gasteiger partial charge is 0.164 e. The van der Waals surface area contributed by atoms with Crippen LogP contribution in [0.1, 0.15) is 0 Å². The maximum Gasteiger partial charge on any atom is 0.164 e. The average Bonchev–Trinajstić information content (AvgIpc) is 3.86. The maximum absolute atomic E-state index is 6.76. The van der Waals surface area contributed by atoms with Gasteiger partial charge in [-0.3, -0.25) is 0 Å². The Kier molecular flexibility index (Phi) is 7.64. The highest BCUT2D eigenvalue weighted by Crippen LogP contribution is 2.44. The van der Waals surface area contributed by atoms with E-state index in [0.29, 0.717) is 17.5 Å². The van der Waals surface area contributed by atoms with Crippen molar-refractivity contribution in [1.29, 1.82) is 0 Å². The Morgan fingerprint density at radius 2 is 0.893 bits per heavy atom. The number of hydrogen-bond acceptors (Lipinski definition) is 5. The van der Waals surface area contributed by atoms with Gasteiger partial charge in [-0.2, -0.15) is 0 Å². The van der Waals surface area contributed by atoms with E-state index in [0.717, 1.165) is 60.9 Å². The first kappa shape index (κ1) is 32.2. The molecule has 0 amide bonds. The van der Waals surface area contributed by atoms with Crippen molar-refractivity contribution in [3.8, 4) is 67.5 Å². The molecule has 262 valence electrons. The molecule has 11 aromatic rings. The minimum atomic E-state index is 0.624. The summed E-state index contributed by atoms with van der Waals surface area (Å²) in [7, 11) is 0. The van der Waals surface area contributed by atoms with Crippen LogP contribution < -0.4 is 0 Å². The topological polar surface area (TPSA) is 51.8 Å². The summed E-state index contributed by atoms with van der Waals surface area (Å²) in [6, 6.07) is 65.6. The Balaban J connectivity index is 1.03. The molecule has 0 saturated heterocycles. The van der Waals surface area contributed by atoms with Crippen LogP contribution in [0.5, 0.6) is 0 Å². The van der Waals surface area contributed by atoms with E-state index in [4.69, 9.17) is 19.4 Å². The van der Waals surface area contributed by atoms with Crippen LogP contribution in [0.25, 0.3) is 110 Å². The molecular weight excluding hydrogens is 703 g/mol. The molecule has 3 heterocycles. The molecule has 11 rings (SSSR count). The highest BCUT2D eigenvalue weighted by molar-refractivity contribution is 7.26. The van der Waals surface area contributed by atoms with E-state index >= 15 is 0 Å². The second kappa shape index (κ2) is 13.3. The summed E-state index contributed by atoms with van der Waals surface area (Å²) in [6.07, 6.45) is 0. The zero-order chi connectivity index (χ0) is 37.0. The van der Waals surface area contributed by atoms with Crippen molar-refractivity contribution in [3.63, 3.8) is 0 Å². The molecule has 3 aromatic heterocycles. The summed E-state index contributed by atoms with van der Waals surface area (Å²) in [4.78, 5) is 14.9. The molecule has 0 saturated carbocycles. The third-order valence-electron chi connectivity index (χ3n) is 10.5. The third kappa shape index (κ3) is 5.48. The van der Waals surface area contributed by atoms with E-state index in [9.17, 15) is 0 Å². The molecule has 0 spiro atoms. The molecule has 8 aromatic carbocycles. The number of aromatic nitrogens is 3. The summed E-state index contributed by atoms with van der Waals surface area (Å²) < 4.78 is 9.33. The normalized spacial score (nSPS) is 11.6. The molecular formula is C51H31N3OS. The second-order valence-electron chi connectivity index (χ2n) is 13.9. The standard InChI is InChI=1S/C51H31N3OS/c1-4-14-32(15-5-1)40-24-12-25-42-41-29-28-36(31-45(41)56-48(40)42)39-23-11-26-43-46-38(22-13-27-44(46)55-47(39)43)35-20-10-21-37(30-35)51-53-49(33-16-6-2-7-17-33)52-50(54-51)34-18-8-3-9-19-34/h1-31H. The van der Waals surface area contributed by atoms with Gasteiger partial charge in [0.05, 0.1) is 0 Å². The lowest BCUT2D eigenvalue weighted by Crippen LogP contribution is -2.00. The summed E-state index contributed by atoms with van der Waals surface area (Å²) in [5, 5.41) is 4.73. The molecule has 4 nitrogen and oxygen atoms in total.